The standard InChI is InChI=1S/C15H26N2O2/c1-12(2)14-8-15(11-16,5-7-19-14)17(3)9-13-4-6-18-10-13/h4,6,10,12,14H,5,7-9,11,16H2,1-3H3. The van der Waals surface area contributed by atoms with Crippen LogP contribution < -0.4 is 5.73 Å². The molecule has 1 aliphatic heterocycles. The predicted molar refractivity (Wildman–Crippen MR) is 75.8 cm³/mol. The first-order chi connectivity index (χ1) is 9.07. The van der Waals surface area contributed by atoms with Crippen molar-refractivity contribution in [3.05, 3.63) is 24.2 Å². The average molecular weight is 266 g/mol. The van der Waals surface area contributed by atoms with Gasteiger partial charge in [-0.3, -0.25) is 4.90 Å². The maximum absolute atomic E-state index is 6.11. The molecule has 108 valence electrons. The zero-order chi connectivity index (χ0) is 13.9. The Morgan fingerprint density at radius 1 is 1.53 bits per heavy atom. The molecule has 1 aromatic rings. The lowest BCUT2D eigenvalue weighted by atomic mass is 9.82. The Bertz CT molecular complexity index is 378. The average Bonchev–Trinajstić information content (AvgIpc) is 2.91. The smallest absolute Gasteiger partial charge is 0.0947 e. The maximum atomic E-state index is 6.11. The molecule has 1 saturated heterocycles. The molecule has 1 fully saturated rings. The van der Waals surface area contributed by atoms with Gasteiger partial charge in [-0.15, -0.1) is 0 Å². The van der Waals surface area contributed by atoms with Crippen molar-refractivity contribution in [1.29, 1.82) is 0 Å². The van der Waals surface area contributed by atoms with Gasteiger partial charge < -0.3 is 14.9 Å². The summed E-state index contributed by atoms with van der Waals surface area (Å²) in [4.78, 5) is 2.37. The highest BCUT2D eigenvalue weighted by Crippen LogP contribution is 2.33. The highest BCUT2D eigenvalue weighted by molar-refractivity contribution is 5.07. The Morgan fingerprint density at radius 2 is 2.32 bits per heavy atom. The van der Waals surface area contributed by atoms with Gasteiger partial charge in [0.2, 0.25) is 0 Å². The predicted octanol–water partition coefficient (Wildman–Crippen LogP) is 2.24. The summed E-state index contributed by atoms with van der Waals surface area (Å²) in [6.45, 7) is 6.78. The Balaban J connectivity index is 2.07. The minimum atomic E-state index is 0.0461. The van der Waals surface area contributed by atoms with Crippen LogP contribution in [0.5, 0.6) is 0 Å². The number of rotatable bonds is 5. The van der Waals surface area contributed by atoms with Crippen molar-refractivity contribution in [2.75, 3.05) is 20.2 Å². The van der Waals surface area contributed by atoms with Gasteiger partial charge in [0.05, 0.1) is 18.6 Å². The van der Waals surface area contributed by atoms with Crippen molar-refractivity contribution in [3.8, 4) is 0 Å². The zero-order valence-corrected chi connectivity index (χ0v) is 12.3. The number of likely N-dealkylation sites (N-methyl/N-ethyl adjacent to an activating group) is 1. The molecule has 2 N–H and O–H groups in total. The van der Waals surface area contributed by atoms with Crippen LogP contribution in [0.4, 0.5) is 0 Å². The van der Waals surface area contributed by atoms with E-state index in [4.69, 9.17) is 14.9 Å². The minimum Gasteiger partial charge on any atom is -0.472 e. The van der Waals surface area contributed by atoms with Gasteiger partial charge >= 0.3 is 0 Å². The Kier molecular flexibility index (Phi) is 4.66. The van der Waals surface area contributed by atoms with Crippen molar-refractivity contribution in [2.45, 2.75) is 44.9 Å². The van der Waals surface area contributed by atoms with E-state index in [9.17, 15) is 0 Å². The molecule has 0 aromatic carbocycles. The Labute approximate surface area is 115 Å². The molecule has 0 amide bonds. The second kappa shape index (κ2) is 6.07. The Morgan fingerprint density at radius 3 is 2.89 bits per heavy atom. The molecule has 2 atom stereocenters. The lowest BCUT2D eigenvalue weighted by molar-refractivity contribution is -0.0834. The Hall–Kier alpha value is -0.840. The van der Waals surface area contributed by atoms with E-state index in [0.29, 0.717) is 18.6 Å². The molecule has 0 saturated carbocycles. The van der Waals surface area contributed by atoms with Crippen LogP contribution in [0, 0.1) is 5.92 Å². The van der Waals surface area contributed by atoms with Gasteiger partial charge in [-0.1, -0.05) is 13.8 Å². The summed E-state index contributed by atoms with van der Waals surface area (Å²) in [5.41, 5.74) is 7.35. The summed E-state index contributed by atoms with van der Waals surface area (Å²) in [5.74, 6) is 0.536. The van der Waals surface area contributed by atoms with Gasteiger partial charge in [0.25, 0.3) is 0 Å². The lowest BCUT2D eigenvalue weighted by Gasteiger charge is -2.47. The molecule has 2 rings (SSSR count). The van der Waals surface area contributed by atoms with Crippen molar-refractivity contribution < 1.29 is 9.15 Å². The molecule has 0 aliphatic carbocycles. The number of nitrogens with zero attached hydrogens (tertiary/aromatic N) is 1. The van der Waals surface area contributed by atoms with E-state index in [1.54, 1.807) is 12.5 Å². The number of nitrogens with two attached hydrogens (primary N) is 1. The molecular formula is C15H26N2O2. The quantitative estimate of drug-likeness (QED) is 0.888. The van der Waals surface area contributed by atoms with Crippen molar-refractivity contribution in [2.24, 2.45) is 11.7 Å². The maximum Gasteiger partial charge on any atom is 0.0947 e. The first kappa shape index (κ1) is 14.6. The minimum absolute atomic E-state index is 0.0461. The molecule has 2 unspecified atom stereocenters. The second-order valence-electron chi connectivity index (χ2n) is 6.02. The van der Waals surface area contributed by atoms with Gasteiger partial charge in [0, 0.05) is 30.8 Å². The van der Waals surface area contributed by atoms with Crippen molar-refractivity contribution in [3.63, 3.8) is 0 Å². The fourth-order valence-corrected chi connectivity index (χ4v) is 2.88. The normalized spacial score (nSPS) is 28.2. The molecule has 4 nitrogen and oxygen atoms in total. The fourth-order valence-electron chi connectivity index (χ4n) is 2.88. The van der Waals surface area contributed by atoms with Crippen molar-refractivity contribution in [1.82, 2.24) is 4.90 Å². The van der Waals surface area contributed by atoms with Crippen LogP contribution in [0.1, 0.15) is 32.3 Å². The van der Waals surface area contributed by atoms with E-state index < -0.39 is 0 Å². The SMILES string of the molecule is CC(C)C1CC(CN)(N(C)Cc2ccoc2)CCO1. The third kappa shape index (κ3) is 3.19. The summed E-state index contributed by atoms with van der Waals surface area (Å²) in [6, 6.07) is 2.01. The largest absolute Gasteiger partial charge is 0.472 e. The van der Waals surface area contributed by atoms with Crippen LogP contribution in [-0.4, -0.2) is 36.7 Å². The van der Waals surface area contributed by atoms with Crippen LogP contribution in [0.2, 0.25) is 0 Å². The van der Waals surface area contributed by atoms with E-state index in [1.165, 1.54) is 5.56 Å². The third-order valence-corrected chi connectivity index (χ3v) is 4.41. The first-order valence-corrected chi connectivity index (χ1v) is 7.11. The molecule has 19 heavy (non-hydrogen) atoms. The first-order valence-electron chi connectivity index (χ1n) is 7.11. The fraction of sp³-hybridized carbons (Fsp3) is 0.733. The van der Waals surface area contributed by atoms with E-state index in [1.807, 2.05) is 6.07 Å². The molecule has 0 spiro atoms. The van der Waals surface area contributed by atoms with Crippen LogP contribution in [0.25, 0.3) is 0 Å². The molecule has 1 aliphatic rings. The molecule has 1 aromatic heterocycles. The molecule has 4 heteroatoms. The summed E-state index contributed by atoms with van der Waals surface area (Å²) in [7, 11) is 2.16. The monoisotopic (exact) mass is 266 g/mol. The van der Waals surface area contributed by atoms with Crippen LogP contribution in [-0.2, 0) is 11.3 Å². The van der Waals surface area contributed by atoms with Gasteiger partial charge in [0.1, 0.15) is 0 Å². The van der Waals surface area contributed by atoms with Crippen molar-refractivity contribution >= 4 is 0 Å². The summed E-state index contributed by atoms with van der Waals surface area (Å²) in [5, 5.41) is 0. The van der Waals surface area contributed by atoms with Crippen LogP contribution in [0.15, 0.2) is 23.0 Å². The van der Waals surface area contributed by atoms with Crippen LogP contribution in [0.3, 0.4) is 0 Å². The summed E-state index contributed by atoms with van der Waals surface area (Å²) in [6.07, 6.45) is 5.85. The van der Waals surface area contributed by atoms with E-state index in [-0.39, 0.29) is 5.54 Å². The number of furan rings is 1. The highest BCUT2D eigenvalue weighted by atomic mass is 16.5. The van der Waals surface area contributed by atoms with Gasteiger partial charge in [0.15, 0.2) is 0 Å². The molecular weight excluding hydrogens is 240 g/mol. The number of hydrogen-bond donors (Lipinski definition) is 1. The lowest BCUT2D eigenvalue weighted by Crippen LogP contribution is -2.57. The molecule has 2 heterocycles. The van der Waals surface area contributed by atoms with Gasteiger partial charge in [-0.05, 0) is 31.9 Å². The zero-order valence-electron chi connectivity index (χ0n) is 12.3. The van der Waals surface area contributed by atoms with Gasteiger partial charge in [-0.25, -0.2) is 0 Å². The summed E-state index contributed by atoms with van der Waals surface area (Å²) >= 11 is 0. The van der Waals surface area contributed by atoms with Crippen LogP contribution >= 0.6 is 0 Å². The third-order valence-electron chi connectivity index (χ3n) is 4.41. The molecule has 0 radical (unpaired) electrons. The van der Waals surface area contributed by atoms with E-state index in [0.717, 1.165) is 26.0 Å². The van der Waals surface area contributed by atoms with E-state index in [2.05, 4.69) is 25.8 Å². The topological polar surface area (TPSA) is 51.6 Å². The number of hydrogen-bond acceptors (Lipinski definition) is 4. The highest BCUT2D eigenvalue weighted by Gasteiger charge is 2.40. The summed E-state index contributed by atoms with van der Waals surface area (Å²) < 4.78 is 11.0. The molecule has 0 bridgehead atoms. The van der Waals surface area contributed by atoms with E-state index >= 15 is 0 Å². The number of ether oxygens (including phenoxy) is 1. The second-order valence-corrected chi connectivity index (χ2v) is 6.02. The van der Waals surface area contributed by atoms with Gasteiger partial charge in [-0.2, -0.15) is 0 Å².